The molecule has 0 amide bonds. The summed E-state index contributed by atoms with van der Waals surface area (Å²) in [5, 5.41) is 0.508. The molecule has 4 heteroatoms. The Balaban J connectivity index is 2.30. The number of hydrogen-bond donors (Lipinski definition) is 0. The lowest BCUT2D eigenvalue weighted by molar-refractivity contribution is 0.240. The number of methoxy groups -OCH3 is 1. The van der Waals surface area contributed by atoms with Gasteiger partial charge < -0.3 is 13.9 Å². The molecule has 2 rings (SSSR count). The first-order valence-corrected chi connectivity index (χ1v) is 10.0. The van der Waals surface area contributed by atoms with Crippen LogP contribution in [0, 0.1) is 5.92 Å². The number of halogens is 1. The van der Waals surface area contributed by atoms with E-state index in [0.717, 1.165) is 42.8 Å². The van der Waals surface area contributed by atoms with E-state index in [4.69, 9.17) is 25.5 Å². The van der Waals surface area contributed by atoms with Gasteiger partial charge in [0.25, 0.3) is 0 Å². The molecule has 1 unspecified atom stereocenters. The Kier molecular flexibility index (Phi) is 7.89. The lowest BCUT2D eigenvalue weighted by Gasteiger charge is -2.16. The summed E-state index contributed by atoms with van der Waals surface area (Å²) in [4.78, 5) is 0. The van der Waals surface area contributed by atoms with Crippen LogP contribution in [0.2, 0.25) is 5.02 Å². The maximum Gasteiger partial charge on any atom is 0.142 e. The van der Waals surface area contributed by atoms with Gasteiger partial charge in [-0.2, -0.15) is 0 Å². The predicted molar refractivity (Wildman–Crippen MR) is 109 cm³/mol. The minimum Gasteiger partial charge on any atom is -0.495 e. The van der Waals surface area contributed by atoms with Gasteiger partial charge in [-0.3, -0.25) is 0 Å². The largest absolute Gasteiger partial charge is 0.495 e. The third-order valence-corrected chi connectivity index (χ3v) is 5.35. The molecule has 3 nitrogen and oxygen atoms in total. The minimum atomic E-state index is 0.411. The van der Waals surface area contributed by atoms with E-state index in [1.807, 2.05) is 18.2 Å². The Morgan fingerprint density at radius 2 is 1.77 bits per heavy atom. The number of furan rings is 1. The molecule has 1 aromatic carbocycles. The topological polar surface area (TPSA) is 31.6 Å². The van der Waals surface area contributed by atoms with Crippen molar-refractivity contribution in [2.45, 2.75) is 59.3 Å². The highest BCUT2D eigenvalue weighted by Crippen LogP contribution is 2.40. The van der Waals surface area contributed by atoms with E-state index in [1.54, 1.807) is 7.11 Å². The molecule has 1 aromatic heterocycles. The Morgan fingerprint density at radius 1 is 1.08 bits per heavy atom. The zero-order valence-electron chi connectivity index (χ0n) is 16.6. The average Bonchev–Trinajstić information content (AvgIpc) is 3.14. The molecule has 0 radical (unpaired) electrons. The smallest absolute Gasteiger partial charge is 0.142 e. The molecule has 0 aliphatic carbocycles. The summed E-state index contributed by atoms with van der Waals surface area (Å²) in [6.07, 6.45) is 4.42. The van der Waals surface area contributed by atoms with E-state index in [-0.39, 0.29) is 0 Å². The summed E-state index contributed by atoms with van der Waals surface area (Å²) in [6.45, 7) is 9.39. The van der Waals surface area contributed by atoms with Crippen molar-refractivity contribution in [1.29, 1.82) is 0 Å². The lowest BCUT2D eigenvalue weighted by atomic mass is 10.0. The number of benzene rings is 1. The van der Waals surface area contributed by atoms with Crippen LogP contribution in [-0.4, -0.2) is 13.7 Å². The molecule has 0 saturated carbocycles. The Hall–Kier alpha value is -1.61. The maximum atomic E-state index is 6.45. The molecule has 0 aliphatic heterocycles. The van der Waals surface area contributed by atoms with Gasteiger partial charge in [-0.15, -0.1) is 0 Å². The highest BCUT2D eigenvalue weighted by Gasteiger charge is 2.17. The summed E-state index contributed by atoms with van der Waals surface area (Å²) < 4.78 is 17.6. The van der Waals surface area contributed by atoms with Crippen molar-refractivity contribution in [3.8, 4) is 22.8 Å². The van der Waals surface area contributed by atoms with Gasteiger partial charge in [0.2, 0.25) is 0 Å². The molecule has 0 aliphatic rings. The quantitative estimate of drug-likeness (QED) is 0.433. The van der Waals surface area contributed by atoms with Crippen LogP contribution in [0.25, 0.3) is 11.3 Å². The van der Waals surface area contributed by atoms with E-state index in [1.165, 1.54) is 0 Å². The van der Waals surface area contributed by atoms with Crippen molar-refractivity contribution in [2.24, 2.45) is 5.92 Å². The third-order valence-electron chi connectivity index (χ3n) is 4.97. The molecule has 0 N–H and O–H groups in total. The van der Waals surface area contributed by atoms with Crippen molar-refractivity contribution in [3.05, 3.63) is 35.0 Å². The van der Waals surface area contributed by atoms with Gasteiger partial charge in [0.1, 0.15) is 28.0 Å². The minimum absolute atomic E-state index is 0.411. The summed E-state index contributed by atoms with van der Waals surface area (Å²) in [5.74, 6) is 4.00. The second-order valence-corrected chi connectivity index (χ2v) is 7.25. The highest BCUT2D eigenvalue weighted by atomic mass is 35.5. The summed E-state index contributed by atoms with van der Waals surface area (Å²) in [5.41, 5.74) is 0.917. The molecule has 0 bridgehead atoms. The second kappa shape index (κ2) is 9.91. The van der Waals surface area contributed by atoms with Gasteiger partial charge in [-0.05, 0) is 36.6 Å². The first kappa shape index (κ1) is 20.7. The van der Waals surface area contributed by atoms with E-state index in [0.29, 0.717) is 35.0 Å². The molecule has 0 saturated heterocycles. The summed E-state index contributed by atoms with van der Waals surface area (Å²) >= 11 is 6.45. The molecule has 1 atom stereocenters. The highest BCUT2D eigenvalue weighted by molar-refractivity contribution is 6.33. The fourth-order valence-electron chi connectivity index (χ4n) is 3.05. The van der Waals surface area contributed by atoms with Gasteiger partial charge in [0.15, 0.2) is 0 Å². The zero-order chi connectivity index (χ0) is 19.1. The molecular formula is C22H31ClO3. The Bertz CT molecular complexity index is 689. The van der Waals surface area contributed by atoms with Crippen molar-refractivity contribution >= 4 is 11.6 Å². The first-order chi connectivity index (χ1) is 12.5. The van der Waals surface area contributed by atoms with Crippen LogP contribution in [0.15, 0.2) is 28.7 Å². The Labute approximate surface area is 162 Å². The van der Waals surface area contributed by atoms with Crippen LogP contribution in [0.5, 0.6) is 11.5 Å². The lowest BCUT2D eigenvalue weighted by Crippen LogP contribution is -2.10. The van der Waals surface area contributed by atoms with E-state index in [9.17, 15) is 0 Å². The molecule has 26 heavy (non-hydrogen) atoms. The van der Waals surface area contributed by atoms with E-state index in [2.05, 4.69) is 33.8 Å². The number of hydrogen-bond acceptors (Lipinski definition) is 3. The first-order valence-electron chi connectivity index (χ1n) is 9.64. The summed E-state index contributed by atoms with van der Waals surface area (Å²) in [6, 6.07) is 7.91. The van der Waals surface area contributed by atoms with Crippen LogP contribution >= 0.6 is 11.6 Å². The molecule has 0 spiro atoms. The van der Waals surface area contributed by atoms with Gasteiger partial charge in [-0.1, -0.05) is 58.6 Å². The SMILES string of the molecule is CCCC(C)c1ccc(-c2cc(OC)c(Cl)c(OCC(CC)CC)c2)o1. The van der Waals surface area contributed by atoms with Crippen molar-refractivity contribution in [3.63, 3.8) is 0 Å². The number of ether oxygens (including phenoxy) is 2. The predicted octanol–water partition coefficient (Wildman–Crippen LogP) is 7.33. The van der Waals surface area contributed by atoms with E-state index >= 15 is 0 Å². The number of rotatable bonds is 10. The summed E-state index contributed by atoms with van der Waals surface area (Å²) in [7, 11) is 1.62. The van der Waals surface area contributed by atoms with Gasteiger partial charge in [0.05, 0.1) is 13.7 Å². The van der Waals surface area contributed by atoms with Crippen molar-refractivity contribution in [1.82, 2.24) is 0 Å². The normalized spacial score (nSPS) is 12.4. The van der Waals surface area contributed by atoms with Crippen molar-refractivity contribution < 1.29 is 13.9 Å². The molecule has 1 heterocycles. The Morgan fingerprint density at radius 3 is 2.38 bits per heavy atom. The third kappa shape index (κ3) is 4.97. The van der Waals surface area contributed by atoms with Gasteiger partial charge in [-0.25, -0.2) is 0 Å². The fourth-order valence-corrected chi connectivity index (χ4v) is 3.29. The van der Waals surface area contributed by atoms with Crippen LogP contribution in [0.4, 0.5) is 0 Å². The van der Waals surface area contributed by atoms with Crippen LogP contribution in [0.1, 0.15) is 65.1 Å². The standard InChI is InChI=1S/C22H31ClO3/c1-6-9-15(4)18-10-11-19(26-18)17-12-20(24-5)22(23)21(13-17)25-14-16(7-2)8-3/h10-13,15-16H,6-9,14H2,1-5H3. The van der Waals surface area contributed by atoms with Crippen LogP contribution in [-0.2, 0) is 0 Å². The average molecular weight is 379 g/mol. The van der Waals surface area contributed by atoms with Crippen LogP contribution < -0.4 is 9.47 Å². The van der Waals surface area contributed by atoms with Gasteiger partial charge >= 0.3 is 0 Å². The van der Waals surface area contributed by atoms with Crippen LogP contribution in [0.3, 0.4) is 0 Å². The van der Waals surface area contributed by atoms with Crippen molar-refractivity contribution in [2.75, 3.05) is 13.7 Å². The van der Waals surface area contributed by atoms with Gasteiger partial charge in [0, 0.05) is 11.5 Å². The second-order valence-electron chi connectivity index (χ2n) is 6.88. The zero-order valence-corrected chi connectivity index (χ0v) is 17.4. The maximum absolute atomic E-state index is 6.45. The molecule has 144 valence electrons. The molecule has 0 fully saturated rings. The fraction of sp³-hybridized carbons (Fsp3) is 0.545. The molecule has 2 aromatic rings. The monoisotopic (exact) mass is 378 g/mol. The van der Waals surface area contributed by atoms with E-state index < -0.39 is 0 Å². The molecular weight excluding hydrogens is 348 g/mol.